The minimum Gasteiger partial charge on any atom is -0.346 e. The first-order chi connectivity index (χ1) is 15.9. The molecule has 0 saturated carbocycles. The predicted octanol–water partition coefficient (Wildman–Crippen LogP) is 5.69. The molecule has 0 unspecified atom stereocenters. The number of carbonyl (C=O) groups excluding carboxylic acids is 1. The summed E-state index contributed by atoms with van der Waals surface area (Å²) in [5.41, 5.74) is 8.59. The molecule has 0 radical (unpaired) electrons. The summed E-state index contributed by atoms with van der Waals surface area (Å²) in [7, 11) is -3.49. The lowest BCUT2D eigenvalue weighted by Crippen LogP contribution is -2.30. The molecule has 0 aliphatic carbocycles. The van der Waals surface area contributed by atoms with Gasteiger partial charge in [0.2, 0.25) is 10.0 Å². The molecule has 0 spiro atoms. The topological polar surface area (TPSA) is 66.5 Å². The fourth-order valence-corrected chi connectivity index (χ4v) is 5.04. The van der Waals surface area contributed by atoms with Crippen molar-refractivity contribution in [1.29, 1.82) is 0 Å². The minimum atomic E-state index is -3.49. The predicted molar refractivity (Wildman–Crippen MR) is 140 cm³/mol. The molecule has 34 heavy (non-hydrogen) atoms. The highest BCUT2D eigenvalue weighted by Crippen LogP contribution is 2.26. The first-order valence-electron chi connectivity index (χ1n) is 11.4. The van der Waals surface area contributed by atoms with Crippen LogP contribution in [-0.4, -0.2) is 20.6 Å². The molecule has 180 valence electrons. The maximum atomic E-state index is 12.9. The molecule has 3 rings (SSSR count). The molecule has 0 aromatic heterocycles. The van der Waals surface area contributed by atoms with Gasteiger partial charge in [0.15, 0.2) is 0 Å². The Kier molecular flexibility index (Phi) is 7.51. The van der Waals surface area contributed by atoms with Crippen LogP contribution >= 0.6 is 0 Å². The second-order valence-electron chi connectivity index (χ2n) is 9.24. The van der Waals surface area contributed by atoms with E-state index in [0.29, 0.717) is 11.3 Å². The lowest BCUT2D eigenvalue weighted by Gasteiger charge is -2.25. The zero-order valence-corrected chi connectivity index (χ0v) is 21.9. The van der Waals surface area contributed by atoms with E-state index in [0.717, 1.165) is 27.8 Å². The molecule has 0 heterocycles. The highest BCUT2D eigenvalue weighted by Gasteiger charge is 2.20. The summed E-state index contributed by atoms with van der Waals surface area (Å²) in [5, 5.41) is 3.08. The van der Waals surface area contributed by atoms with E-state index in [1.165, 1.54) is 21.7 Å². The van der Waals surface area contributed by atoms with Crippen LogP contribution in [0.3, 0.4) is 0 Å². The number of hydrogen-bond acceptors (Lipinski definition) is 3. The van der Waals surface area contributed by atoms with E-state index in [9.17, 15) is 13.2 Å². The van der Waals surface area contributed by atoms with E-state index in [1.807, 2.05) is 51.1 Å². The fraction of sp³-hybridized carbons (Fsp3) is 0.321. The van der Waals surface area contributed by atoms with Gasteiger partial charge >= 0.3 is 0 Å². The Morgan fingerprint density at radius 3 is 2.09 bits per heavy atom. The third-order valence-electron chi connectivity index (χ3n) is 6.27. The standard InChI is InChI=1S/C28H34N2O3S/c1-18-8-9-19(2)27(14-18)30(34(7,32)33)17-24-10-12-25(13-11-24)28(31)29-23(6)26-16-21(4)20(3)15-22(26)5/h8-16,23H,17H2,1-7H3,(H,29,31)/t23-/m0/s1. The van der Waals surface area contributed by atoms with Gasteiger partial charge in [-0.25, -0.2) is 8.42 Å². The Labute approximate surface area is 203 Å². The highest BCUT2D eigenvalue weighted by atomic mass is 32.2. The molecule has 1 amide bonds. The van der Waals surface area contributed by atoms with Gasteiger partial charge in [-0.2, -0.15) is 0 Å². The first kappa shape index (κ1) is 25.5. The Hall–Kier alpha value is -3.12. The van der Waals surface area contributed by atoms with E-state index in [2.05, 4.69) is 38.2 Å². The summed E-state index contributed by atoms with van der Waals surface area (Å²) in [4.78, 5) is 12.9. The van der Waals surface area contributed by atoms with Gasteiger partial charge in [0.05, 0.1) is 24.5 Å². The van der Waals surface area contributed by atoms with Crippen molar-refractivity contribution in [2.45, 2.75) is 54.1 Å². The monoisotopic (exact) mass is 478 g/mol. The molecule has 1 N–H and O–H groups in total. The molecule has 0 bridgehead atoms. The lowest BCUT2D eigenvalue weighted by molar-refractivity contribution is 0.0939. The number of rotatable bonds is 7. The van der Waals surface area contributed by atoms with E-state index in [1.54, 1.807) is 12.1 Å². The highest BCUT2D eigenvalue weighted by molar-refractivity contribution is 7.92. The number of amides is 1. The van der Waals surface area contributed by atoms with Crippen LogP contribution in [0, 0.1) is 34.6 Å². The first-order valence-corrected chi connectivity index (χ1v) is 13.2. The summed E-state index contributed by atoms with van der Waals surface area (Å²) >= 11 is 0. The van der Waals surface area contributed by atoms with Crippen molar-refractivity contribution in [1.82, 2.24) is 5.32 Å². The van der Waals surface area contributed by atoms with Crippen LogP contribution < -0.4 is 9.62 Å². The zero-order valence-electron chi connectivity index (χ0n) is 21.1. The van der Waals surface area contributed by atoms with Gasteiger partial charge in [0.1, 0.15) is 0 Å². The van der Waals surface area contributed by atoms with Gasteiger partial charge in [0.25, 0.3) is 5.91 Å². The maximum absolute atomic E-state index is 12.9. The molecule has 3 aromatic rings. The molecular weight excluding hydrogens is 444 g/mol. The third kappa shape index (κ3) is 5.86. The van der Waals surface area contributed by atoms with Crippen LogP contribution in [0.15, 0.2) is 54.6 Å². The van der Waals surface area contributed by atoms with Crippen molar-refractivity contribution < 1.29 is 13.2 Å². The van der Waals surface area contributed by atoms with Crippen molar-refractivity contribution in [3.63, 3.8) is 0 Å². The molecule has 6 heteroatoms. The molecule has 0 saturated heterocycles. The van der Waals surface area contributed by atoms with Gasteiger partial charge in [-0.15, -0.1) is 0 Å². The van der Waals surface area contributed by atoms with Crippen LogP contribution in [0.5, 0.6) is 0 Å². The number of nitrogens with zero attached hydrogens (tertiary/aromatic N) is 1. The average molecular weight is 479 g/mol. The van der Waals surface area contributed by atoms with Crippen molar-refractivity contribution in [2.24, 2.45) is 0 Å². The number of aryl methyl sites for hydroxylation is 5. The Morgan fingerprint density at radius 1 is 0.853 bits per heavy atom. The SMILES string of the molecule is Cc1ccc(C)c(N(Cc2ccc(C(=O)N[C@@H](C)c3cc(C)c(C)cc3C)cc2)S(C)(=O)=O)c1. The molecule has 5 nitrogen and oxygen atoms in total. The number of sulfonamides is 1. The van der Waals surface area contributed by atoms with Crippen molar-refractivity contribution in [3.05, 3.63) is 99.1 Å². The zero-order chi connectivity index (χ0) is 25.2. The molecule has 3 aromatic carbocycles. The average Bonchev–Trinajstić information content (AvgIpc) is 2.76. The quantitative estimate of drug-likeness (QED) is 0.475. The van der Waals surface area contributed by atoms with E-state index < -0.39 is 10.0 Å². The summed E-state index contributed by atoms with van der Waals surface area (Å²) in [6.45, 7) is 12.2. The number of hydrogen-bond donors (Lipinski definition) is 1. The molecule has 0 fully saturated rings. The Morgan fingerprint density at radius 2 is 1.47 bits per heavy atom. The van der Waals surface area contributed by atoms with E-state index in [-0.39, 0.29) is 18.5 Å². The Balaban J connectivity index is 1.78. The van der Waals surface area contributed by atoms with Crippen LogP contribution in [0.2, 0.25) is 0 Å². The fourth-order valence-electron chi connectivity index (χ4n) is 4.10. The molecule has 0 aliphatic heterocycles. The van der Waals surface area contributed by atoms with Gasteiger partial charge in [-0.3, -0.25) is 9.10 Å². The number of anilines is 1. The minimum absolute atomic E-state index is 0.128. The number of carbonyl (C=O) groups is 1. The summed E-state index contributed by atoms with van der Waals surface area (Å²) in [6, 6.07) is 17.0. The summed E-state index contributed by atoms with van der Waals surface area (Å²) < 4.78 is 26.5. The lowest BCUT2D eigenvalue weighted by atomic mass is 9.96. The maximum Gasteiger partial charge on any atom is 0.251 e. The van der Waals surface area contributed by atoms with Crippen molar-refractivity contribution in [3.8, 4) is 0 Å². The van der Waals surface area contributed by atoms with Gasteiger partial charge < -0.3 is 5.32 Å². The number of benzene rings is 3. The van der Waals surface area contributed by atoms with E-state index in [4.69, 9.17) is 0 Å². The van der Waals surface area contributed by atoms with Crippen molar-refractivity contribution >= 4 is 21.6 Å². The largest absolute Gasteiger partial charge is 0.346 e. The summed E-state index contributed by atoms with van der Waals surface area (Å²) in [5.74, 6) is -0.161. The number of nitrogens with one attached hydrogen (secondary N) is 1. The normalized spacial score (nSPS) is 12.3. The molecular formula is C28H34N2O3S. The Bertz CT molecular complexity index is 1310. The van der Waals surface area contributed by atoms with Crippen LogP contribution in [0.1, 0.15) is 62.3 Å². The second-order valence-corrected chi connectivity index (χ2v) is 11.2. The summed E-state index contributed by atoms with van der Waals surface area (Å²) in [6.07, 6.45) is 1.22. The van der Waals surface area contributed by atoms with Crippen LogP contribution in [-0.2, 0) is 16.6 Å². The van der Waals surface area contributed by atoms with Crippen molar-refractivity contribution in [2.75, 3.05) is 10.6 Å². The molecule has 0 aliphatic rings. The smallest absolute Gasteiger partial charge is 0.251 e. The second kappa shape index (κ2) is 10.0. The van der Waals surface area contributed by atoms with Gasteiger partial charge in [-0.05, 0) is 98.7 Å². The molecule has 1 atom stereocenters. The van der Waals surface area contributed by atoms with Crippen LogP contribution in [0.25, 0.3) is 0 Å². The van der Waals surface area contributed by atoms with E-state index >= 15 is 0 Å². The van der Waals surface area contributed by atoms with Gasteiger partial charge in [0, 0.05) is 5.56 Å². The third-order valence-corrected chi connectivity index (χ3v) is 7.40. The van der Waals surface area contributed by atoms with Gasteiger partial charge in [-0.1, -0.05) is 36.4 Å². The van der Waals surface area contributed by atoms with Crippen LogP contribution in [0.4, 0.5) is 5.69 Å².